The first-order valence-corrected chi connectivity index (χ1v) is 9.99. The van der Waals surface area contributed by atoms with Crippen molar-refractivity contribution < 1.29 is 18.0 Å². The van der Waals surface area contributed by atoms with Crippen molar-refractivity contribution >= 4 is 5.91 Å². The molecule has 1 amide bonds. The molecule has 0 saturated heterocycles. The van der Waals surface area contributed by atoms with Gasteiger partial charge in [0.05, 0.1) is 11.6 Å². The van der Waals surface area contributed by atoms with Crippen molar-refractivity contribution in [2.75, 3.05) is 6.54 Å². The molecule has 1 unspecified atom stereocenters. The van der Waals surface area contributed by atoms with Crippen molar-refractivity contribution in [2.45, 2.75) is 65.1 Å². The molecule has 0 bridgehead atoms. The molecule has 0 saturated carbocycles. The second-order valence-electron chi connectivity index (χ2n) is 8.43. The van der Waals surface area contributed by atoms with E-state index in [2.05, 4.69) is 45.0 Å². The Labute approximate surface area is 171 Å². The molecule has 5 heteroatoms. The van der Waals surface area contributed by atoms with E-state index in [9.17, 15) is 18.0 Å². The standard InChI is InChI=1S/C24H30F3NO/c1-6-22(29)28(16-15-18-7-11-21(12-8-18)24(25,26)27)17(2)19-9-13-20(14-10-19)23(3,4)5/h7-14,17H,6,15-16H2,1-5H3. The van der Waals surface area contributed by atoms with Gasteiger partial charge < -0.3 is 4.90 Å². The normalized spacial score (nSPS) is 13.2. The fourth-order valence-electron chi connectivity index (χ4n) is 3.29. The minimum atomic E-state index is -4.34. The second-order valence-corrected chi connectivity index (χ2v) is 8.43. The lowest BCUT2D eigenvalue weighted by Crippen LogP contribution is -2.34. The third kappa shape index (κ3) is 6.09. The monoisotopic (exact) mass is 405 g/mol. The van der Waals surface area contributed by atoms with Gasteiger partial charge in [-0.15, -0.1) is 0 Å². The van der Waals surface area contributed by atoms with Crippen molar-refractivity contribution in [1.82, 2.24) is 4.90 Å². The second kappa shape index (κ2) is 9.02. The van der Waals surface area contributed by atoms with Crippen LogP contribution in [0.2, 0.25) is 0 Å². The SMILES string of the molecule is CCC(=O)N(CCc1ccc(C(F)(F)F)cc1)C(C)c1ccc(C(C)(C)C)cc1. The summed E-state index contributed by atoms with van der Waals surface area (Å²) in [5, 5.41) is 0. The van der Waals surface area contributed by atoms with E-state index in [0.717, 1.165) is 23.3 Å². The van der Waals surface area contributed by atoms with Crippen LogP contribution in [0.25, 0.3) is 0 Å². The Bertz CT molecular complexity index is 802. The van der Waals surface area contributed by atoms with Gasteiger partial charge in [0.15, 0.2) is 0 Å². The number of hydrogen-bond donors (Lipinski definition) is 0. The van der Waals surface area contributed by atoms with Crippen LogP contribution >= 0.6 is 0 Å². The number of amides is 1. The number of halogens is 3. The number of alkyl halides is 3. The number of hydrogen-bond acceptors (Lipinski definition) is 1. The summed E-state index contributed by atoms with van der Waals surface area (Å²) >= 11 is 0. The van der Waals surface area contributed by atoms with Gasteiger partial charge in [-0.3, -0.25) is 4.79 Å². The minimum Gasteiger partial charge on any atom is -0.336 e. The number of nitrogens with zero attached hydrogens (tertiary/aromatic N) is 1. The largest absolute Gasteiger partial charge is 0.416 e. The van der Waals surface area contributed by atoms with Gasteiger partial charge in [0.2, 0.25) is 5.91 Å². The summed E-state index contributed by atoms with van der Waals surface area (Å²) in [7, 11) is 0. The first-order chi connectivity index (χ1) is 13.4. The Morgan fingerprint density at radius 1 is 0.931 bits per heavy atom. The Balaban J connectivity index is 2.14. The summed E-state index contributed by atoms with van der Waals surface area (Å²) in [4.78, 5) is 14.3. The fraction of sp³-hybridized carbons (Fsp3) is 0.458. The number of rotatable bonds is 6. The van der Waals surface area contributed by atoms with Gasteiger partial charge in [0.1, 0.15) is 0 Å². The molecule has 29 heavy (non-hydrogen) atoms. The van der Waals surface area contributed by atoms with Gasteiger partial charge in [-0.1, -0.05) is 64.1 Å². The molecule has 2 nitrogen and oxygen atoms in total. The van der Waals surface area contributed by atoms with Crippen LogP contribution in [0, 0.1) is 0 Å². The molecule has 2 rings (SSSR count). The zero-order chi connectivity index (χ0) is 21.8. The molecule has 1 atom stereocenters. The number of benzene rings is 2. The molecule has 2 aromatic carbocycles. The highest BCUT2D eigenvalue weighted by Crippen LogP contribution is 2.30. The molecule has 0 N–H and O–H groups in total. The third-order valence-electron chi connectivity index (χ3n) is 5.27. The van der Waals surface area contributed by atoms with E-state index in [4.69, 9.17) is 0 Å². The van der Waals surface area contributed by atoms with Crippen LogP contribution in [0.4, 0.5) is 13.2 Å². The van der Waals surface area contributed by atoms with E-state index in [0.29, 0.717) is 19.4 Å². The maximum absolute atomic E-state index is 12.7. The lowest BCUT2D eigenvalue weighted by atomic mass is 9.86. The predicted octanol–water partition coefficient (Wildman–Crippen LogP) is 6.55. The average molecular weight is 406 g/mol. The van der Waals surface area contributed by atoms with Crippen LogP contribution in [0.5, 0.6) is 0 Å². The molecule has 0 aromatic heterocycles. The van der Waals surface area contributed by atoms with Crippen LogP contribution in [-0.2, 0) is 22.8 Å². The highest BCUT2D eigenvalue weighted by molar-refractivity contribution is 5.76. The van der Waals surface area contributed by atoms with Gasteiger partial charge in [-0.05, 0) is 47.6 Å². The van der Waals surface area contributed by atoms with Crippen LogP contribution < -0.4 is 0 Å². The van der Waals surface area contributed by atoms with Crippen LogP contribution in [0.3, 0.4) is 0 Å². The average Bonchev–Trinajstić information content (AvgIpc) is 2.66. The summed E-state index contributed by atoms with van der Waals surface area (Å²) in [6, 6.07) is 13.4. The van der Waals surface area contributed by atoms with Crippen LogP contribution in [-0.4, -0.2) is 17.4 Å². The topological polar surface area (TPSA) is 20.3 Å². The molecular weight excluding hydrogens is 375 g/mol. The maximum Gasteiger partial charge on any atom is 0.416 e. The van der Waals surface area contributed by atoms with E-state index in [1.54, 1.807) is 0 Å². The number of carbonyl (C=O) groups is 1. The minimum absolute atomic E-state index is 0.0318. The molecule has 0 spiro atoms. The predicted molar refractivity (Wildman–Crippen MR) is 111 cm³/mol. The van der Waals surface area contributed by atoms with E-state index < -0.39 is 11.7 Å². The van der Waals surface area contributed by atoms with E-state index in [-0.39, 0.29) is 17.4 Å². The van der Waals surface area contributed by atoms with Crippen molar-refractivity contribution in [2.24, 2.45) is 0 Å². The molecule has 0 aliphatic rings. The lowest BCUT2D eigenvalue weighted by Gasteiger charge is -2.30. The van der Waals surface area contributed by atoms with Crippen molar-refractivity contribution in [3.8, 4) is 0 Å². The Kier molecular flexibility index (Phi) is 7.15. The molecule has 0 heterocycles. The highest BCUT2D eigenvalue weighted by Gasteiger charge is 2.30. The van der Waals surface area contributed by atoms with Crippen LogP contribution in [0.15, 0.2) is 48.5 Å². The molecule has 0 fully saturated rings. The quantitative estimate of drug-likeness (QED) is 0.534. The van der Waals surface area contributed by atoms with E-state index in [1.807, 2.05) is 18.7 Å². The van der Waals surface area contributed by atoms with Gasteiger partial charge in [-0.2, -0.15) is 13.2 Å². The lowest BCUT2D eigenvalue weighted by molar-refractivity contribution is -0.137. The maximum atomic E-state index is 12.7. The zero-order valence-electron chi connectivity index (χ0n) is 17.8. The van der Waals surface area contributed by atoms with Crippen LogP contribution in [0.1, 0.15) is 69.3 Å². The summed E-state index contributed by atoms with van der Waals surface area (Å²) < 4.78 is 38.2. The summed E-state index contributed by atoms with van der Waals surface area (Å²) in [5.41, 5.74) is 2.46. The van der Waals surface area contributed by atoms with Gasteiger partial charge >= 0.3 is 6.18 Å². The first-order valence-electron chi connectivity index (χ1n) is 9.99. The molecule has 0 aliphatic carbocycles. The Morgan fingerprint density at radius 2 is 1.45 bits per heavy atom. The van der Waals surface area contributed by atoms with Crippen molar-refractivity contribution in [3.63, 3.8) is 0 Å². The van der Waals surface area contributed by atoms with Gasteiger partial charge in [0.25, 0.3) is 0 Å². The Morgan fingerprint density at radius 3 is 1.90 bits per heavy atom. The summed E-state index contributed by atoms with van der Waals surface area (Å²) in [5.74, 6) is 0.0318. The van der Waals surface area contributed by atoms with Gasteiger partial charge in [0, 0.05) is 13.0 Å². The zero-order valence-corrected chi connectivity index (χ0v) is 17.8. The first kappa shape index (κ1) is 23.0. The number of carbonyl (C=O) groups excluding carboxylic acids is 1. The van der Waals surface area contributed by atoms with Crippen molar-refractivity contribution in [1.29, 1.82) is 0 Å². The molecule has 0 radical (unpaired) electrons. The fourth-order valence-corrected chi connectivity index (χ4v) is 3.29. The molecule has 0 aliphatic heterocycles. The highest BCUT2D eigenvalue weighted by atomic mass is 19.4. The van der Waals surface area contributed by atoms with Crippen molar-refractivity contribution in [3.05, 3.63) is 70.8 Å². The molecular formula is C24H30F3NO. The molecule has 158 valence electrons. The van der Waals surface area contributed by atoms with E-state index in [1.165, 1.54) is 17.7 Å². The third-order valence-corrected chi connectivity index (χ3v) is 5.27. The summed E-state index contributed by atoms with van der Waals surface area (Å²) in [6.45, 7) is 10.7. The smallest absolute Gasteiger partial charge is 0.336 e. The Hall–Kier alpha value is -2.30. The summed E-state index contributed by atoms with van der Waals surface area (Å²) in [6.07, 6.45) is -3.44. The molecule has 2 aromatic rings. The van der Waals surface area contributed by atoms with E-state index >= 15 is 0 Å². The van der Waals surface area contributed by atoms with Gasteiger partial charge in [-0.25, -0.2) is 0 Å².